The number of likely N-dealkylation sites (N-methyl/N-ethyl adjacent to an activating group) is 1. The van der Waals surface area contributed by atoms with Gasteiger partial charge < -0.3 is 19.5 Å². The van der Waals surface area contributed by atoms with Crippen LogP contribution >= 0.6 is 11.3 Å². The van der Waals surface area contributed by atoms with Crippen molar-refractivity contribution in [3.05, 3.63) is 64.0 Å². The Morgan fingerprint density at radius 1 is 1.17 bits per heavy atom. The van der Waals surface area contributed by atoms with Crippen molar-refractivity contribution >= 4 is 39.7 Å². The number of benzene rings is 1. The van der Waals surface area contributed by atoms with Crippen molar-refractivity contribution in [3.8, 4) is 0 Å². The summed E-state index contributed by atoms with van der Waals surface area (Å²) >= 11 is 1.48. The van der Waals surface area contributed by atoms with E-state index in [1.807, 2.05) is 72.4 Å². The molecule has 0 aliphatic carbocycles. The molecule has 0 unspecified atom stereocenters. The maximum atomic E-state index is 13.0. The number of hydrogen-bond acceptors (Lipinski definition) is 5. The van der Waals surface area contributed by atoms with Crippen LogP contribution in [0.2, 0.25) is 0 Å². The summed E-state index contributed by atoms with van der Waals surface area (Å²) in [4.78, 5) is 30.3. The molecule has 1 atom stereocenters. The minimum absolute atomic E-state index is 0.120. The van der Waals surface area contributed by atoms with Crippen LogP contribution in [0.25, 0.3) is 16.7 Å². The number of nitrogens with zero attached hydrogens (tertiary/aromatic N) is 3. The van der Waals surface area contributed by atoms with Crippen LogP contribution in [0.4, 0.5) is 0 Å². The number of para-hydroxylation sites is 1. The Morgan fingerprint density at radius 2 is 1.93 bits per heavy atom. The van der Waals surface area contributed by atoms with Gasteiger partial charge in [-0.15, -0.1) is 11.3 Å². The molecular formula is C22H23N3O3S. The van der Waals surface area contributed by atoms with Gasteiger partial charge in [-0.1, -0.05) is 24.3 Å². The van der Waals surface area contributed by atoms with Crippen LogP contribution in [0.3, 0.4) is 0 Å². The van der Waals surface area contributed by atoms with Gasteiger partial charge in [-0.25, -0.2) is 0 Å². The molecule has 1 amide bonds. The second-order valence-corrected chi connectivity index (χ2v) is 8.46. The number of ketones is 1. The highest BCUT2D eigenvalue weighted by Crippen LogP contribution is 2.42. The van der Waals surface area contributed by atoms with Crippen LogP contribution in [0.1, 0.15) is 16.5 Å². The molecule has 0 spiro atoms. The Labute approximate surface area is 173 Å². The zero-order valence-electron chi connectivity index (χ0n) is 16.6. The lowest BCUT2D eigenvalue weighted by molar-refractivity contribution is -0.140. The third kappa shape index (κ3) is 3.26. The van der Waals surface area contributed by atoms with Gasteiger partial charge in [-0.05, 0) is 31.6 Å². The van der Waals surface area contributed by atoms with Gasteiger partial charge in [-0.2, -0.15) is 0 Å². The lowest BCUT2D eigenvalue weighted by Gasteiger charge is -2.25. The van der Waals surface area contributed by atoms with E-state index >= 15 is 0 Å². The number of rotatable bonds is 5. The summed E-state index contributed by atoms with van der Waals surface area (Å²) in [6, 6.07) is 10.9. The molecule has 2 aromatic heterocycles. The van der Waals surface area contributed by atoms with E-state index in [1.54, 1.807) is 11.1 Å². The summed E-state index contributed by atoms with van der Waals surface area (Å²) in [6.07, 6.45) is 1.80. The van der Waals surface area contributed by atoms with E-state index in [-0.39, 0.29) is 11.3 Å². The van der Waals surface area contributed by atoms with E-state index in [9.17, 15) is 14.7 Å². The average Bonchev–Trinajstić information content (AvgIpc) is 3.39. The van der Waals surface area contributed by atoms with Crippen LogP contribution in [-0.4, -0.2) is 58.3 Å². The Bertz CT molecular complexity index is 1110. The van der Waals surface area contributed by atoms with Crippen LogP contribution in [0, 0.1) is 0 Å². The zero-order valence-corrected chi connectivity index (χ0v) is 17.4. The molecule has 150 valence electrons. The molecule has 1 fully saturated rings. The Balaban J connectivity index is 1.89. The number of thiophene rings is 1. The van der Waals surface area contributed by atoms with Crippen LogP contribution in [0.15, 0.2) is 53.5 Å². The zero-order chi connectivity index (χ0) is 20.7. The Kier molecular flexibility index (Phi) is 5.02. The first-order valence-electron chi connectivity index (χ1n) is 9.41. The highest BCUT2D eigenvalue weighted by atomic mass is 32.1. The third-order valence-corrected chi connectivity index (χ3v) is 6.22. The predicted octanol–water partition coefficient (Wildman–Crippen LogP) is 3.22. The number of aliphatic hydroxyl groups is 1. The molecule has 0 saturated carbocycles. The molecule has 1 N–H and O–H groups in total. The van der Waals surface area contributed by atoms with Crippen molar-refractivity contribution in [2.45, 2.75) is 6.04 Å². The molecule has 1 aliphatic heterocycles. The molecular weight excluding hydrogens is 386 g/mol. The Hall–Kier alpha value is -2.90. The SMILES string of the molecule is CN(C)CCN1C(=O)C(=O)/C(=C(/O)c2cn(C)c3ccccc23)[C@H]1c1cccs1. The summed E-state index contributed by atoms with van der Waals surface area (Å²) < 4.78 is 1.91. The molecule has 1 aromatic carbocycles. The maximum Gasteiger partial charge on any atom is 0.295 e. The van der Waals surface area contributed by atoms with E-state index in [1.165, 1.54) is 11.3 Å². The minimum Gasteiger partial charge on any atom is -0.507 e. The fourth-order valence-corrected chi connectivity index (χ4v) is 4.68. The quantitative estimate of drug-likeness (QED) is 0.399. The van der Waals surface area contributed by atoms with Crippen molar-refractivity contribution in [3.63, 3.8) is 0 Å². The molecule has 0 bridgehead atoms. The van der Waals surface area contributed by atoms with Gasteiger partial charge in [0.25, 0.3) is 11.7 Å². The van der Waals surface area contributed by atoms with Crippen molar-refractivity contribution in [2.24, 2.45) is 7.05 Å². The van der Waals surface area contributed by atoms with Crippen molar-refractivity contribution in [1.82, 2.24) is 14.4 Å². The van der Waals surface area contributed by atoms with Crippen molar-refractivity contribution in [2.75, 3.05) is 27.2 Å². The standard InChI is InChI=1S/C22H23N3O3S/c1-23(2)10-11-25-19(17-9-6-12-29-17)18(21(27)22(25)28)20(26)15-13-24(3)16-8-5-4-7-14(15)16/h4-9,12-13,19,26H,10-11H2,1-3H3/b20-18+/t19-/m1/s1. The van der Waals surface area contributed by atoms with Gasteiger partial charge in [0, 0.05) is 47.7 Å². The molecule has 7 heteroatoms. The third-order valence-electron chi connectivity index (χ3n) is 5.29. The van der Waals surface area contributed by atoms with E-state index in [0.717, 1.165) is 15.8 Å². The van der Waals surface area contributed by atoms with Crippen LogP contribution < -0.4 is 0 Å². The second kappa shape index (κ2) is 7.50. The fraction of sp³-hybridized carbons (Fsp3) is 0.273. The number of Topliss-reactive ketones (excluding diaryl/α,β-unsaturated/α-hetero) is 1. The summed E-state index contributed by atoms with van der Waals surface area (Å²) in [5.74, 6) is -1.31. The first-order chi connectivity index (χ1) is 13.9. The van der Waals surface area contributed by atoms with Gasteiger partial charge >= 0.3 is 0 Å². The van der Waals surface area contributed by atoms with Crippen molar-refractivity contribution in [1.29, 1.82) is 0 Å². The summed E-state index contributed by atoms with van der Waals surface area (Å²) in [5, 5.41) is 14.0. The highest BCUT2D eigenvalue weighted by Gasteiger charge is 2.46. The molecule has 3 aromatic rings. The fourth-order valence-electron chi connectivity index (χ4n) is 3.84. The maximum absolute atomic E-state index is 13.0. The van der Waals surface area contributed by atoms with Crippen LogP contribution in [0.5, 0.6) is 0 Å². The number of aryl methyl sites for hydroxylation is 1. The smallest absolute Gasteiger partial charge is 0.295 e. The number of aliphatic hydroxyl groups excluding tert-OH is 1. The molecule has 0 radical (unpaired) electrons. The molecule has 1 aliphatic rings. The monoisotopic (exact) mass is 409 g/mol. The van der Waals surface area contributed by atoms with Gasteiger partial charge in [0.2, 0.25) is 0 Å². The van der Waals surface area contributed by atoms with Crippen LogP contribution in [-0.2, 0) is 16.6 Å². The molecule has 1 saturated heterocycles. The normalized spacial score (nSPS) is 19.0. The van der Waals surface area contributed by atoms with E-state index < -0.39 is 17.7 Å². The van der Waals surface area contributed by atoms with Gasteiger partial charge in [-0.3, -0.25) is 9.59 Å². The number of fused-ring (bicyclic) bond motifs is 1. The van der Waals surface area contributed by atoms with E-state index in [4.69, 9.17) is 0 Å². The number of likely N-dealkylation sites (tertiary alicyclic amines) is 1. The average molecular weight is 410 g/mol. The summed E-state index contributed by atoms with van der Waals surface area (Å²) in [5.41, 5.74) is 1.67. The number of aromatic nitrogens is 1. The van der Waals surface area contributed by atoms with E-state index in [0.29, 0.717) is 18.7 Å². The summed E-state index contributed by atoms with van der Waals surface area (Å²) in [7, 11) is 5.74. The first-order valence-corrected chi connectivity index (χ1v) is 10.3. The van der Waals surface area contributed by atoms with E-state index in [2.05, 4.69) is 0 Å². The first kappa shape index (κ1) is 19.4. The number of carbonyl (C=O) groups excluding carboxylic acids is 2. The van der Waals surface area contributed by atoms with Gasteiger partial charge in [0.05, 0.1) is 11.6 Å². The number of hydrogen-bond donors (Lipinski definition) is 1. The second-order valence-electron chi connectivity index (χ2n) is 7.48. The Morgan fingerprint density at radius 3 is 2.62 bits per heavy atom. The number of carbonyl (C=O) groups is 2. The van der Waals surface area contributed by atoms with Gasteiger partial charge in [0.1, 0.15) is 5.76 Å². The molecule has 6 nitrogen and oxygen atoms in total. The lowest BCUT2D eigenvalue weighted by atomic mass is 9.99. The molecule has 4 rings (SSSR count). The highest BCUT2D eigenvalue weighted by molar-refractivity contribution is 7.10. The largest absolute Gasteiger partial charge is 0.507 e. The predicted molar refractivity (Wildman–Crippen MR) is 115 cm³/mol. The summed E-state index contributed by atoms with van der Waals surface area (Å²) in [6.45, 7) is 1.04. The van der Waals surface area contributed by atoms with Crippen molar-refractivity contribution < 1.29 is 14.7 Å². The topological polar surface area (TPSA) is 65.8 Å². The number of amides is 1. The molecule has 29 heavy (non-hydrogen) atoms. The minimum atomic E-state index is -0.632. The lowest BCUT2D eigenvalue weighted by Crippen LogP contribution is -2.35. The molecule has 3 heterocycles. The van der Waals surface area contributed by atoms with Gasteiger partial charge in [0.15, 0.2) is 0 Å².